The molecule has 0 bridgehead atoms. The molecule has 0 amide bonds. The molecule has 47 heavy (non-hydrogen) atoms. The standard InChI is InChI=1S/C43H56O4/c1-24(23-42(11,34-15-25(2)38(44)26(3)16-34)35-17-27(4)39(45)28(5)18-35)13-14-33(10)43(12,36-19-29(6)40(46)30(7)20-36)37-21-31(8)41(47)32(9)22-37/h15-22,24,33,44-47H,13-14,23H2,1-12H3. The number of hydrogen-bond donors (Lipinski definition) is 4. The summed E-state index contributed by atoms with van der Waals surface area (Å²) >= 11 is 0. The number of rotatable bonds is 10. The quantitative estimate of drug-likeness (QED) is 0.140. The smallest absolute Gasteiger partial charge is 0.121 e. The number of aryl methyl sites for hydroxylation is 8. The SMILES string of the molecule is Cc1cc(C(C)(CC(C)CCC(C)C(C)(c2cc(C)c(O)c(C)c2)c2cc(C)c(O)c(C)c2)c2cc(C)c(O)c(C)c2)cc(C)c1O. The van der Waals surface area contributed by atoms with Crippen molar-refractivity contribution in [2.75, 3.05) is 0 Å². The van der Waals surface area contributed by atoms with E-state index in [2.05, 4.69) is 76.2 Å². The highest BCUT2D eigenvalue weighted by Crippen LogP contribution is 2.47. The van der Waals surface area contributed by atoms with E-state index >= 15 is 0 Å². The minimum Gasteiger partial charge on any atom is -0.507 e. The molecule has 0 aliphatic rings. The molecule has 4 heteroatoms. The van der Waals surface area contributed by atoms with Crippen molar-refractivity contribution in [3.63, 3.8) is 0 Å². The third-order valence-corrected chi connectivity index (χ3v) is 11.3. The zero-order valence-corrected chi connectivity index (χ0v) is 30.7. The lowest BCUT2D eigenvalue weighted by Gasteiger charge is -2.40. The molecular formula is C43H56O4. The third-order valence-electron chi connectivity index (χ3n) is 11.3. The predicted molar refractivity (Wildman–Crippen MR) is 195 cm³/mol. The average Bonchev–Trinajstić information content (AvgIpc) is 3.01. The van der Waals surface area contributed by atoms with Crippen molar-refractivity contribution in [3.05, 3.63) is 115 Å². The summed E-state index contributed by atoms with van der Waals surface area (Å²) in [7, 11) is 0. The van der Waals surface area contributed by atoms with E-state index in [9.17, 15) is 20.4 Å². The van der Waals surface area contributed by atoms with Crippen LogP contribution in [0.1, 0.15) is 114 Å². The molecule has 0 saturated heterocycles. The second-order valence-corrected chi connectivity index (χ2v) is 15.2. The zero-order chi connectivity index (χ0) is 35.2. The molecule has 0 fully saturated rings. The van der Waals surface area contributed by atoms with Gasteiger partial charge < -0.3 is 20.4 Å². The fourth-order valence-electron chi connectivity index (χ4n) is 7.82. The maximum atomic E-state index is 10.6. The van der Waals surface area contributed by atoms with Crippen LogP contribution in [0.15, 0.2) is 48.5 Å². The van der Waals surface area contributed by atoms with E-state index in [1.165, 1.54) is 22.3 Å². The number of hydrogen-bond acceptors (Lipinski definition) is 4. The van der Waals surface area contributed by atoms with Crippen molar-refractivity contribution in [3.8, 4) is 23.0 Å². The average molecular weight is 637 g/mol. The maximum Gasteiger partial charge on any atom is 0.121 e. The van der Waals surface area contributed by atoms with Gasteiger partial charge in [-0.05, 0) is 147 Å². The van der Waals surface area contributed by atoms with Gasteiger partial charge in [-0.2, -0.15) is 0 Å². The van der Waals surface area contributed by atoms with E-state index in [1.54, 1.807) is 0 Å². The molecule has 4 aromatic carbocycles. The minimum atomic E-state index is -0.355. The first-order chi connectivity index (χ1) is 21.8. The lowest BCUT2D eigenvalue weighted by molar-refractivity contribution is 0.298. The Kier molecular flexibility index (Phi) is 10.2. The number of benzene rings is 4. The monoisotopic (exact) mass is 636 g/mol. The van der Waals surface area contributed by atoms with Gasteiger partial charge in [0.05, 0.1) is 0 Å². The summed E-state index contributed by atoms with van der Waals surface area (Å²) < 4.78 is 0. The first-order valence-corrected chi connectivity index (χ1v) is 17.0. The van der Waals surface area contributed by atoms with Crippen LogP contribution in [-0.2, 0) is 10.8 Å². The van der Waals surface area contributed by atoms with Gasteiger partial charge in [0.2, 0.25) is 0 Å². The lowest BCUT2D eigenvalue weighted by atomic mass is 9.64. The molecule has 2 unspecified atom stereocenters. The molecule has 4 N–H and O–H groups in total. The highest BCUT2D eigenvalue weighted by molar-refractivity contribution is 5.53. The van der Waals surface area contributed by atoms with E-state index in [-0.39, 0.29) is 16.7 Å². The van der Waals surface area contributed by atoms with Crippen LogP contribution in [0.25, 0.3) is 0 Å². The van der Waals surface area contributed by atoms with Gasteiger partial charge in [-0.25, -0.2) is 0 Å². The summed E-state index contributed by atoms with van der Waals surface area (Å²) in [5, 5.41) is 42.5. The minimum absolute atomic E-state index is 0.249. The van der Waals surface area contributed by atoms with Crippen LogP contribution in [-0.4, -0.2) is 20.4 Å². The second-order valence-electron chi connectivity index (χ2n) is 15.2. The van der Waals surface area contributed by atoms with E-state index < -0.39 is 0 Å². The van der Waals surface area contributed by atoms with Gasteiger partial charge in [0.1, 0.15) is 23.0 Å². The fourth-order valence-corrected chi connectivity index (χ4v) is 7.82. The molecule has 0 aliphatic heterocycles. The molecular weight excluding hydrogens is 580 g/mol. The summed E-state index contributed by atoms with van der Waals surface area (Å²) in [5.74, 6) is 1.98. The second kappa shape index (κ2) is 13.3. The first-order valence-electron chi connectivity index (χ1n) is 17.0. The highest BCUT2D eigenvalue weighted by atomic mass is 16.3. The largest absolute Gasteiger partial charge is 0.507 e. The molecule has 4 nitrogen and oxygen atoms in total. The summed E-state index contributed by atoms with van der Waals surface area (Å²) in [6, 6.07) is 17.0. The summed E-state index contributed by atoms with van der Waals surface area (Å²) in [5.41, 5.74) is 10.9. The zero-order valence-electron chi connectivity index (χ0n) is 30.7. The van der Waals surface area contributed by atoms with Gasteiger partial charge in [0.15, 0.2) is 0 Å². The maximum absolute atomic E-state index is 10.6. The van der Waals surface area contributed by atoms with Crippen molar-refractivity contribution < 1.29 is 20.4 Å². The molecule has 0 saturated carbocycles. The van der Waals surface area contributed by atoms with Crippen molar-refractivity contribution in [1.82, 2.24) is 0 Å². The van der Waals surface area contributed by atoms with Gasteiger partial charge in [-0.1, -0.05) is 82.6 Å². The molecule has 2 atom stereocenters. The molecule has 4 aromatic rings. The van der Waals surface area contributed by atoms with Crippen molar-refractivity contribution in [1.29, 1.82) is 0 Å². The fraction of sp³-hybridized carbons (Fsp3) is 0.442. The van der Waals surface area contributed by atoms with Crippen molar-refractivity contribution in [2.24, 2.45) is 11.8 Å². The van der Waals surface area contributed by atoms with Gasteiger partial charge in [0.25, 0.3) is 0 Å². The Morgan fingerprint density at radius 3 is 0.979 bits per heavy atom. The van der Waals surface area contributed by atoms with Crippen molar-refractivity contribution in [2.45, 2.75) is 113 Å². The van der Waals surface area contributed by atoms with Crippen LogP contribution in [0, 0.1) is 67.2 Å². The Morgan fingerprint density at radius 2 is 0.702 bits per heavy atom. The van der Waals surface area contributed by atoms with E-state index in [1.807, 2.05) is 55.4 Å². The molecule has 252 valence electrons. The normalized spacial score (nSPS) is 13.5. The Morgan fingerprint density at radius 1 is 0.447 bits per heavy atom. The Hall–Kier alpha value is -3.92. The van der Waals surface area contributed by atoms with E-state index in [4.69, 9.17) is 0 Å². The topological polar surface area (TPSA) is 80.9 Å². The predicted octanol–water partition coefficient (Wildman–Crippen LogP) is 10.7. The molecule has 4 rings (SSSR count). The Bertz CT molecular complexity index is 1590. The van der Waals surface area contributed by atoms with Gasteiger partial charge >= 0.3 is 0 Å². The molecule has 0 aliphatic carbocycles. The van der Waals surface area contributed by atoms with Crippen LogP contribution in [0.3, 0.4) is 0 Å². The van der Waals surface area contributed by atoms with Gasteiger partial charge in [-0.15, -0.1) is 0 Å². The molecule has 0 radical (unpaired) electrons. The van der Waals surface area contributed by atoms with Crippen LogP contribution < -0.4 is 0 Å². The van der Waals surface area contributed by atoms with E-state index in [0.29, 0.717) is 28.9 Å². The summed E-state index contributed by atoms with van der Waals surface area (Å²) in [6.45, 7) is 25.0. The summed E-state index contributed by atoms with van der Waals surface area (Å²) in [4.78, 5) is 0. The number of phenolic OH excluding ortho intramolecular Hbond substituents is 4. The molecule has 0 spiro atoms. The Labute approximate surface area is 283 Å². The summed E-state index contributed by atoms with van der Waals surface area (Å²) in [6.07, 6.45) is 2.89. The molecule has 0 heterocycles. The number of aromatic hydroxyl groups is 4. The highest BCUT2D eigenvalue weighted by Gasteiger charge is 2.38. The Balaban J connectivity index is 1.73. The van der Waals surface area contributed by atoms with Crippen LogP contribution in [0.5, 0.6) is 23.0 Å². The lowest BCUT2D eigenvalue weighted by Crippen LogP contribution is -2.33. The van der Waals surface area contributed by atoms with Crippen LogP contribution in [0.2, 0.25) is 0 Å². The van der Waals surface area contributed by atoms with Gasteiger partial charge in [0, 0.05) is 10.8 Å². The first kappa shape index (κ1) is 35.9. The van der Waals surface area contributed by atoms with Crippen molar-refractivity contribution >= 4 is 0 Å². The van der Waals surface area contributed by atoms with Gasteiger partial charge in [-0.3, -0.25) is 0 Å². The van der Waals surface area contributed by atoms with Crippen LogP contribution in [0.4, 0.5) is 0 Å². The molecule has 0 aromatic heterocycles. The third kappa shape index (κ3) is 6.75. The van der Waals surface area contributed by atoms with Crippen LogP contribution >= 0.6 is 0 Å². The number of phenols is 4. The van der Waals surface area contributed by atoms with E-state index in [0.717, 1.165) is 63.8 Å².